The van der Waals surface area contributed by atoms with Crippen LogP contribution in [0.25, 0.3) is 0 Å². The van der Waals surface area contributed by atoms with Crippen LogP contribution in [0.3, 0.4) is 0 Å². The Morgan fingerprint density at radius 2 is 2.21 bits per heavy atom. The molecule has 96 valence electrons. The van der Waals surface area contributed by atoms with Crippen molar-refractivity contribution in [3.63, 3.8) is 0 Å². The molecular weight excluding hydrogens is 265 g/mol. The highest BCUT2D eigenvalue weighted by Crippen LogP contribution is 2.31. The number of rotatable bonds is 3. The van der Waals surface area contributed by atoms with E-state index in [9.17, 15) is 4.39 Å². The highest BCUT2D eigenvalue weighted by Gasteiger charge is 2.15. The van der Waals surface area contributed by atoms with Crippen molar-refractivity contribution in [1.29, 1.82) is 5.26 Å². The Morgan fingerprint density at radius 1 is 1.42 bits per heavy atom. The monoisotopic (exact) mass is 275 g/mol. The van der Waals surface area contributed by atoms with E-state index in [4.69, 9.17) is 16.9 Å². The van der Waals surface area contributed by atoms with Gasteiger partial charge in [-0.25, -0.2) is 9.37 Å². The van der Waals surface area contributed by atoms with Crippen LogP contribution in [0, 0.1) is 17.1 Å². The summed E-state index contributed by atoms with van der Waals surface area (Å²) in [4.78, 5) is 5.94. The number of hydrogen-bond acceptors (Lipinski definition) is 3. The molecule has 0 amide bonds. The van der Waals surface area contributed by atoms with Gasteiger partial charge in [0.25, 0.3) is 0 Å². The van der Waals surface area contributed by atoms with Crippen LogP contribution in [-0.2, 0) is 0 Å². The van der Waals surface area contributed by atoms with Gasteiger partial charge in [-0.15, -0.1) is 0 Å². The number of hydrogen-bond donors (Lipinski definition) is 0. The minimum atomic E-state index is -0.330. The molecule has 19 heavy (non-hydrogen) atoms. The smallest absolute Gasteiger partial charge is 0.153 e. The fraction of sp³-hybridized carbons (Fsp3) is 0.143. The molecule has 5 heteroatoms. The molecule has 0 saturated heterocycles. The summed E-state index contributed by atoms with van der Waals surface area (Å²) in [6.07, 6.45) is 1.52. The first kappa shape index (κ1) is 13.3. The van der Waals surface area contributed by atoms with Crippen molar-refractivity contribution in [2.75, 3.05) is 11.4 Å². The molecule has 0 aliphatic rings. The maximum atomic E-state index is 13.3. The van der Waals surface area contributed by atoms with Crippen LogP contribution in [0.4, 0.5) is 15.9 Å². The van der Waals surface area contributed by atoms with Gasteiger partial charge in [-0.3, -0.25) is 0 Å². The lowest BCUT2D eigenvalue weighted by Gasteiger charge is -2.23. The fourth-order valence-electron chi connectivity index (χ4n) is 1.81. The molecule has 1 aromatic carbocycles. The van der Waals surface area contributed by atoms with E-state index in [1.165, 1.54) is 18.3 Å². The third kappa shape index (κ3) is 2.67. The summed E-state index contributed by atoms with van der Waals surface area (Å²) in [5.41, 5.74) is 0.994. The second-order valence-corrected chi connectivity index (χ2v) is 4.21. The van der Waals surface area contributed by atoms with Crippen LogP contribution in [0.5, 0.6) is 0 Å². The number of anilines is 2. The van der Waals surface area contributed by atoms with Gasteiger partial charge in [0.2, 0.25) is 0 Å². The number of halogens is 2. The summed E-state index contributed by atoms with van der Waals surface area (Å²) >= 11 is 6.15. The highest BCUT2D eigenvalue weighted by molar-refractivity contribution is 6.34. The summed E-state index contributed by atoms with van der Waals surface area (Å²) in [7, 11) is 0. The maximum Gasteiger partial charge on any atom is 0.153 e. The van der Waals surface area contributed by atoms with E-state index >= 15 is 0 Å². The van der Waals surface area contributed by atoms with E-state index in [2.05, 4.69) is 4.98 Å². The largest absolute Gasteiger partial charge is 0.325 e. The summed E-state index contributed by atoms with van der Waals surface area (Å²) in [6, 6.07) is 9.72. The van der Waals surface area contributed by atoms with Gasteiger partial charge in [-0.1, -0.05) is 17.7 Å². The standard InChI is InChI=1S/C14H11ClFN3/c1-2-19(12-5-3-4-11(16)8-12)14-13(15)10(9-17)6-7-18-14/h3-8H,2H2,1H3. The predicted molar refractivity (Wildman–Crippen MR) is 73.0 cm³/mol. The van der Waals surface area contributed by atoms with Gasteiger partial charge in [0.05, 0.1) is 5.56 Å². The van der Waals surface area contributed by atoms with E-state index in [-0.39, 0.29) is 10.8 Å². The molecule has 0 fully saturated rings. The van der Waals surface area contributed by atoms with Crippen LogP contribution < -0.4 is 4.90 Å². The topological polar surface area (TPSA) is 39.9 Å². The number of aromatic nitrogens is 1. The number of pyridine rings is 1. The lowest BCUT2D eigenvalue weighted by molar-refractivity contribution is 0.627. The Balaban J connectivity index is 2.52. The molecule has 0 radical (unpaired) electrons. The fourth-order valence-corrected chi connectivity index (χ4v) is 2.06. The van der Waals surface area contributed by atoms with Gasteiger partial charge in [-0.2, -0.15) is 5.26 Å². The van der Waals surface area contributed by atoms with Crippen LogP contribution >= 0.6 is 11.6 Å². The van der Waals surface area contributed by atoms with E-state index in [1.807, 2.05) is 13.0 Å². The minimum absolute atomic E-state index is 0.274. The Hall–Kier alpha value is -2.12. The predicted octanol–water partition coefficient (Wildman–Crippen LogP) is 3.90. The van der Waals surface area contributed by atoms with Gasteiger partial charge < -0.3 is 4.90 Å². The zero-order chi connectivity index (χ0) is 13.8. The lowest BCUT2D eigenvalue weighted by Crippen LogP contribution is -2.18. The van der Waals surface area contributed by atoms with Gasteiger partial charge in [0.1, 0.15) is 16.9 Å². The van der Waals surface area contributed by atoms with Gasteiger partial charge in [0.15, 0.2) is 5.82 Å². The van der Waals surface area contributed by atoms with Crippen molar-refractivity contribution >= 4 is 23.1 Å². The average molecular weight is 276 g/mol. The van der Waals surface area contributed by atoms with Crippen molar-refractivity contribution in [2.45, 2.75) is 6.92 Å². The summed E-state index contributed by atoms with van der Waals surface area (Å²) in [5.74, 6) is 0.123. The van der Waals surface area contributed by atoms with E-state index in [1.54, 1.807) is 23.1 Å². The zero-order valence-corrected chi connectivity index (χ0v) is 11.0. The molecule has 1 heterocycles. The molecule has 2 aromatic rings. The molecule has 0 aliphatic heterocycles. The second-order valence-electron chi connectivity index (χ2n) is 3.83. The quantitative estimate of drug-likeness (QED) is 0.853. The summed E-state index contributed by atoms with van der Waals surface area (Å²) < 4.78 is 13.3. The molecule has 0 aliphatic carbocycles. The number of nitriles is 1. The average Bonchev–Trinajstić information content (AvgIpc) is 2.41. The minimum Gasteiger partial charge on any atom is -0.325 e. The van der Waals surface area contributed by atoms with Crippen LogP contribution in [0.15, 0.2) is 36.5 Å². The molecule has 0 unspecified atom stereocenters. The summed E-state index contributed by atoms with van der Waals surface area (Å²) in [6.45, 7) is 2.47. The first-order valence-corrected chi connectivity index (χ1v) is 6.13. The van der Waals surface area contributed by atoms with Crippen LogP contribution in [-0.4, -0.2) is 11.5 Å². The number of nitrogens with zero attached hydrogens (tertiary/aromatic N) is 3. The Labute approximate surface area is 115 Å². The lowest BCUT2D eigenvalue weighted by atomic mass is 10.2. The maximum absolute atomic E-state index is 13.3. The molecule has 0 spiro atoms. The molecule has 1 aromatic heterocycles. The zero-order valence-electron chi connectivity index (χ0n) is 10.3. The molecule has 0 bridgehead atoms. The first-order valence-electron chi connectivity index (χ1n) is 5.75. The van der Waals surface area contributed by atoms with Crippen molar-refractivity contribution in [2.24, 2.45) is 0 Å². The van der Waals surface area contributed by atoms with E-state index in [0.717, 1.165) is 0 Å². The Kier molecular flexibility index (Phi) is 3.98. The molecule has 0 saturated carbocycles. The van der Waals surface area contributed by atoms with Gasteiger partial charge in [0, 0.05) is 18.4 Å². The molecule has 3 nitrogen and oxygen atoms in total. The molecule has 0 atom stereocenters. The second kappa shape index (κ2) is 5.68. The molecule has 0 N–H and O–H groups in total. The van der Waals surface area contributed by atoms with E-state index < -0.39 is 0 Å². The normalized spacial score (nSPS) is 10.0. The Morgan fingerprint density at radius 3 is 2.84 bits per heavy atom. The first-order chi connectivity index (χ1) is 9.17. The van der Waals surface area contributed by atoms with Crippen LogP contribution in [0.1, 0.15) is 12.5 Å². The molecule has 2 rings (SSSR count). The van der Waals surface area contributed by atoms with E-state index in [0.29, 0.717) is 23.6 Å². The highest BCUT2D eigenvalue weighted by atomic mass is 35.5. The van der Waals surface area contributed by atoms with Crippen molar-refractivity contribution < 1.29 is 4.39 Å². The van der Waals surface area contributed by atoms with Crippen molar-refractivity contribution in [3.05, 3.63) is 52.9 Å². The summed E-state index contributed by atoms with van der Waals surface area (Å²) in [5, 5.41) is 9.25. The molecular formula is C14H11ClFN3. The van der Waals surface area contributed by atoms with Crippen molar-refractivity contribution in [1.82, 2.24) is 4.98 Å². The third-order valence-corrected chi connectivity index (χ3v) is 3.06. The SMILES string of the molecule is CCN(c1cccc(F)c1)c1nccc(C#N)c1Cl. The Bertz CT molecular complexity index is 637. The van der Waals surface area contributed by atoms with Gasteiger partial charge >= 0.3 is 0 Å². The third-order valence-electron chi connectivity index (χ3n) is 2.68. The van der Waals surface area contributed by atoms with Crippen LogP contribution in [0.2, 0.25) is 5.02 Å². The number of benzene rings is 1. The van der Waals surface area contributed by atoms with Gasteiger partial charge in [-0.05, 0) is 31.2 Å². The van der Waals surface area contributed by atoms with Crippen molar-refractivity contribution in [3.8, 4) is 6.07 Å².